The average molecular weight is 422 g/mol. The smallest absolute Gasteiger partial charge is 0.249 e. The van der Waals surface area contributed by atoms with Gasteiger partial charge >= 0.3 is 0 Å². The highest BCUT2D eigenvalue weighted by atomic mass is 35.5. The van der Waals surface area contributed by atoms with Gasteiger partial charge in [-0.2, -0.15) is 0 Å². The van der Waals surface area contributed by atoms with Crippen molar-refractivity contribution in [3.05, 3.63) is 80.9 Å². The van der Waals surface area contributed by atoms with Gasteiger partial charge in [-0.3, -0.25) is 19.7 Å². The third-order valence-corrected chi connectivity index (χ3v) is 7.08. The second-order valence-corrected chi connectivity index (χ2v) is 8.92. The standard InChI is InChI=1S/C23H20ClN3OS/c24-17-7-5-16(6-8-17)22-21-18-3-1-2-4-19(18)29-23(21)27(20(28)13-26-22)14-15-9-11-25-12-10-15/h5-12H,1-4,13-14H2. The number of hydrogen-bond donors (Lipinski definition) is 0. The predicted molar refractivity (Wildman–Crippen MR) is 118 cm³/mol. The minimum absolute atomic E-state index is 0.0330. The number of nitrogens with zero attached hydrogens (tertiary/aromatic N) is 3. The van der Waals surface area contributed by atoms with Crippen LogP contribution in [0.15, 0.2) is 53.8 Å². The molecule has 1 aliphatic carbocycles. The van der Waals surface area contributed by atoms with E-state index in [1.165, 1.54) is 23.3 Å². The maximum atomic E-state index is 13.1. The molecule has 146 valence electrons. The van der Waals surface area contributed by atoms with E-state index in [0.29, 0.717) is 11.6 Å². The molecule has 2 aliphatic rings. The maximum absolute atomic E-state index is 13.1. The van der Waals surface area contributed by atoms with Gasteiger partial charge in [-0.1, -0.05) is 23.7 Å². The normalized spacial score (nSPS) is 16.1. The first kappa shape index (κ1) is 18.5. The second-order valence-electron chi connectivity index (χ2n) is 7.40. The van der Waals surface area contributed by atoms with Gasteiger partial charge in [0.25, 0.3) is 0 Å². The van der Waals surface area contributed by atoms with Crippen molar-refractivity contribution in [1.82, 2.24) is 4.98 Å². The van der Waals surface area contributed by atoms with Crippen molar-refractivity contribution in [2.24, 2.45) is 4.99 Å². The van der Waals surface area contributed by atoms with Crippen LogP contribution in [0.5, 0.6) is 0 Å². The Morgan fingerprint density at radius 3 is 2.59 bits per heavy atom. The van der Waals surface area contributed by atoms with Crippen LogP contribution in [0.1, 0.15) is 40.0 Å². The van der Waals surface area contributed by atoms with E-state index in [1.807, 2.05) is 41.3 Å². The van der Waals surface area contributed by atoms with Gasteiger partial charge in [0.2, 0.25) is 5.91 Å². The summed E-state index contributed by atoms with van der Waals surface area (Å²) in [5.74, 6) is 0.0330. The molecule has 3 heterocycles. The van der Waals surface area contributed by atoms with Crippen LogP contribution in [0.2, 0.25) is 5.02 Å². The number of thiophene rings is 1. The van der Waals surface area contributed by atoms with Crippen LogP contribution >= 0.6 is 22.9 Å². The molecule has 0 unspecified atom stereocenters. The van der Waals surface area contributed by atoms with Crippen molar-refractivity contribution >= 4 is 39.6 Å². The summed E-state index contributed by atoms with van der Waals surface area (Å²) in [4.78, 5) is 25.3. The third-order valence-electron chi connectivity index (χ3n) is 5.52. The molecule has 0 bridgehead atoms. The maximum Gasteiger partial charge on any atom is 0.249 e. The number of amides is 1. The zero-order valence-corrected chi connectivity index (χ0v) is 17.5. The van der Waals surface area contributed by atoms with Gasteiger partial charge in [-0.05, 0) is 61.1 Å². The van der Waals surface area contributed by atoms with Crippen LogP contribution in [0.25, 0.3) is 0 Å². The molecule has 0 N–H and O–H groups in total. The van der Waals surface area contributed by atoms with Crippen LogP contribution in [-0.2, 0) is 24.2 Å². The molecular weight excluding hydrogens is 402 g/mol. The lowest BCUT2D eigenvalue weighted by atomic mass is 9.91. The minimum atomic E-state index is 0.0330. The summed E-state index contributed by atoms with van der Waals surface area (Å²) in [6.07, 6.45) is 8.06. The van der Waals surface area contributed by atoms with E-state index in [0.717, 1.165) is 40.2 Å². The van der Waals surface area contributed by atoms with E-state index in [9.17, 15) is 4.79 Å². The van der Waals surface area contributed by atoms with E-state index in [-0.39, 0.29) is 12.5 Å². The van der Waals surface area contributed by atoms with Gasteiger partial charge in [-0.15, -0.1) is 11.3 Å². The number of aromatic nitrogens is 1. The van der Waals surface area contributed by atoms with Gasteiger partial charge in [0.15, 0.2) is 0 Å². The summed E-state index contributed by atoms with van der Waals surface area (Å²) >= 11 is 7.88. The SMILES string of the molecule is O=C1CN=C(c2ccc(Cl)cc2)c2c(sc3c2CCCC3)N1Cc1ccncc1. The molecule has 2 aromatic heterocycles. The number of carbonyl (C=O) groups excluding carboxylic acids is 1. The Bertz CT molecular complexity index is 1090. The Hall–Kier alpha value is -2.50. The lowest BCUT2D eigenvalue weighted by Gasteiger charge is -2.21. The summed E-state index contributed by atoms with van der Waals surface area (Å²) in [5.41, 5.74) is 5.52. The first-order valence-electron chi connectivity index (χ1n) is 9.85. The van der Waals surface area contributed by atoms with Crippen LogP contribution < -0.4 is 4.90 Å². The van der Waals surface area contributed by atoms with E-state index in [4.69, 9.17) is 16.6 Å². The van der Waals surface area contributed by atoms with Crippen molar-refractivity contribution < 1.29 is 4.79 Å². The number of halogens is 1. The Kier molecular flexibility index (Phi) is 4.94. The number of fused-ring (bicyclic) bond motifs is 3. The molecule has 4 nitrogen and oxygen atoms in total. The number of anilines is 1. The molecule has 0 atom stereocenters. The molecule has 29 heavy (non-hydrogen) atoms. The topological polar surface area (TPSA) is 45.6 Å². The number of rotatable bonds is 3. The number of aliphatic imine (C=N–C) groups is 1. The van der Waals surface area contributed by atoms with Crippen molar-refractivity contribution in [3.8, 4) is 0 Å². The fourth-order valence-corrected chi connectivity index (χ4v) is 5.62. The molecule has 1 amide bonds. The molecule has 0 fully saturated rings. The van der Waals surface area contributed by atoms with Crippen LogP contribution in [0, 0.1) is 0 Å². The van der Waals surface area contributed by atoms with E-state index in [2.05, 4.69) is 4.98 Å². The zero-order valence-electron chi connectivity index (χ0n) is 15.9. The van der Waals surface area contributed by atoms with Crippen molar-refractivity contribution in [3.63, 3.8) is 0 Å². The number of hydrogen-bond acceptors (Lipinski definition) is 4. The number of pyridine rings is 1. The average Bonchev–Trinajstić information content (AvgIpc) is 3.07. The van der Waals surface area contributed by atoms with E-state index >= 15 is 0 Å². The Morgan fingerprint density at radius 2 is 1.79 bits per heavy atom. The first-order chi connectivity index (χ1) is 14.2. The molecule has 5 rings (SSSR count). The lowest BCUT2D eigenvalue weighted by Crippen LogP contribution is -2.31. The molecule has 3 aromatic rings. The molecule has 1 aromatic carbocycles. The molecule has 0 radical (unpaired) electrons. The first-order valence-corrected chi connectivity index (χ1v) is 11.0. The summed E-state index contributed by atoms with van der Waals surface area (Å²) in [6.45, 7) is 0.691. The summed E-state index contributed by atoms with van der Waals surface area (Å²) < 4.78 is 0. The number of carbonyl (C=O) groups is 1. The summed E-state index contributed by atoms with van der Waals surface area (Å²) in [5, 5.41) is 1.73. The Labute approximate surface area is 178 Å². The summed E-state index contributed by atoms with van der Waals surface area (Å²) in [7, 11) is 0. The highest BCUT2D eigenvalue weighted by Crippen LogP contribution is 2.43. The van der Waals surface area contributed by atoms with Crippen LogP contribution in [0.3, 0.4) is 0 Å². The van der Waals surface area contributed by atoms with Crippen molar-refractivity contribution in [2.45, 2.75) is 32.2 Å². The number of benzene rings is 1. The van der Waals surface area contributed by atoms with Crippen molar-refractivity contribution in [2.75, 3.05) is 11.4 Å². The number of aryl methyl sites for hydroxylation is 1. The largest absolute Gasteiger partial charge is 0.297 e. The highest BCUT2D eigenvalue weighted by Gasteiger charge is 2.32. The zero-order chi connectivity index (χ0) is 19.8. The van der Waals surface area contributed by atoms with Gasteiger partial charge < -0.3 is 0 Å². The van der Waals surface area contributed by atoms with Crippen molar-refractivity contribution in [1.29, 1.82) is 0 Å². The predicted octanol–water partition coefficient (Wildman–Crippen LogP) is 5.06. The van der Waals surface area contributed by atoms with Gasteiger partial charge in [-0.25, -0.2) is 0 Å². The highest BCUT2D eigenvalue weighted by molar-refractivity contribution is 7.17. The molecule has 0 spiro atoms. The molecular formula is C23H20ClN3OS. The van der Waals surface area contributed by atoms with Gasteiger partial charge in [0.05, 0.1) is 12.3 Å². The quantitative estimate of drug-likeness (QED) is 0.593. The van der Waals surface area contributed by atoms with Crippen LogP contribution in [-0.4, -0.2) is 23.1 Å². The Morgan fingerprint density at radius 1 is 1.03 bits per heavy atom. The third kappa shape index (κ3) is 3.49. The fraction of sp³-hybridized carbons (Fsp3) is 0.261. The minimum Gasteiger partial charge on any atom is -0.297 e. The van der Waals surface area contributed by atoms with Gasteiger partial charge in [0, 0.05) is 33.4 Å². The lowest BCUT2D eigenvalue weighted by molar-refractivity contribution is -0.117. The molecule has 0 saturated carbocycles. The van der Waals surface area contributed by atoms with Gasteiger partial charge in [0.1, 0.15) is 11.5 Å². The summed E-state index contributed by atoms with van der Waals surface area (Å²) in [6, 6.07) is 11.7. The Balaban J connectivity index is 1.66. The van der Waals surface area contributed by atoms with E-state index in [1.54, 1.807) is 23.7 Å². The molecule has 6 heteroatoms. The monoisotopic (exact) mass is 421 g/mol. The fourth-order valence-electron chi connectivity index (χ4n) is 4.08. The second kappa shape index (κ2) is 7.73. The van der Waals surface area contributed by atoms with E-state index < -0.39 is 0 Å². The van der Waals surface area contributed by atoms with Crippen LogP contribution in [0.4, 0.5) is 5.00 Å². The molecule has 0 saturated heterocycles. The molecule has 1 aliphatic heterocycles.